The molecule has 0 aromatic carbocycles. The van der Waals surface area contributed by atoms with E-state index in [0.717, 1.165) is 37.2 Å². The van der Waals surface area contributed by atoms with Gasteiger partial charge in [-0.3, -0.25) is 19.4 Å². The lowest BCUT2D eigenvalue weighted by Crippen LogP contribution is -2.49. The van der Waals surface area contributed by atoms with Crippen LogP contribution in [0.5, 0.6) is 0 Å². The van der Waals surface area contributed by atoms with E-state index in [1.165, 1.54) is 18.5 Å². The van der Waals surface area contributed by atoms with Gasteiger partial charge in [-0.2, -0.15) is 11.8 Å². The summed E-state index contributed by atoms with van der Waals surface area (Å²) in [7, 11) is 0. The van der Waals surface area contributed by atoms with E-state index >= 15 is 0 Å². The first kappa shape index (κ1) is 17.9. The first-order valence-corrected chi connectivity index (χ1v) is 9.78. The summed E-state index contributed by atoms with van der Waals surface area (Å²) in [5, 5.41) is 0. The van der Waals surface area contributed by atoms with Gasteiger partial charge in [-0.15, -0.1) is 0 Å². The van der Waals surface area contributed by atoms with Crippen LogP contribution in [0.15, 0.2) is 18.5 Å². The minimum Gasteiger partial charge on any atom is -0.366 e. The molecule has 2 N–H and O–H groups in total. The van der Waals surface area contributed by atoms with E-state index in [2.05, 4.69) is 4.98 Å². The van der Waals surface area contributed by atoms with E-state index < -0.39 is 17.6 Å². The quantitative estimate of drug-likeness (QED) is 0.819. The number of carbonyl (C=O) groups excluding carboxylic acids is 3. The van der Waals surface area contributed by atoms with Gasteiger partial charge in [-0.1, -0.05) is 0 Å². The molecule has 2 fully saturated rings. The first-order valence-electron chi connectivity index (χ1n) is 8.63. The van der Waals surface area contributed by atoms with Crippen molar-refractivity contribution in [3.63, 3.8) is 0 Å². The molecule has 6 nitrogen and oxygen atoms in total. The maximum absolute atomic E-state index is 12.6. The minimum absolute atomic E-state index is 0.0493. The standard InChI is InChI=1S/C18H23N3O3S/c19-16(23)14-8-13(10-20-11-14)9-15(22)17(24)21-5-1-2-18(12-21)3-6-25-7-4-18/h8,10-11H,1-7,9,12H2,(H2,19,23). The Kier molecular flexibility index (Phi) is 5.42. The van der Waals surface area contributed by atoms with Crippen molar-refractivity contribution < 1.29 is 14.4 Å². The number of nitrogens with zero attached hydrogens (tertiary/aromatic N) is 2. The molecule has 1 aromatic rings. The summed E-state index contributed by atoms with van der Waals surface area (Å²) >= 11 is 1.97. The van der Waals surface area contributed by atoms with Crippen LogP contribution < -0.4 is 5.73 Å². The lowest BCUT2D eigenvalue weighted by Gasteiger charge is -2.44. The Morgan fingerprint density at radius 1 is 1.20 bits per heavy atom. The highest BCUT2D eigenvalue weighted by Gasteiger charge is 2.39. The highest BCUT2D eigenvalue weighted by molar-refractivity contribution is 7.99. The predicted molar refractivity (Wildman–Crippen MR) is 96.3 cm³/mol. The normalized spacial score (nSPS) is 19.6. The molecule has 134 valence electrons. The number of primary amides is 1. The number of ketones is 1. The Balaban J connectivity index is 1.65. The Labute approximate surface area is 151 Å². The summed E-state index contributed by atoms with van der Waals surface area (Å²) in [5.74, 6) is 0.817. The van der Waals surface area contributed by atoms with Crippen molar-refractivity contribution >= 4 is 29.4 Å². The van der Waals surface area contributed by atoms with Crippen LogP contribution in [0.3, 0.4) is 0 Å². The van der Waals surface area contributed by atoms with Gasteiger partial charge in [-0.05, 0) is 54.2 Å². The minimum atomic E-state index is -0.596. The average molecular weight is 361 g/mol. The van der Waals surface area contributed by atoms with Crippen LogP contribution in [0.2, 0.25) is 0 Å². The predicted octanol–water partition coefficient (Wildman–Crippen LogP) is 1.43. The van der Waals surface area contributed by atoms with Crippen LogP contribution in [-0.2, 0) is 16.0 Å². The lowest BCUT2D eigenvalue weighted by molar-refractivity contribution is -0.146. The maximum atomic E-state index is 12.6. The number of hydrogen-bond donors (Lipinski definition) is 1. The molecule has 0 aliphatic carbocycles. The van der Waals surface area contributed by atoms with E-state index in [9.17, 15) is 14.4 Å². The van der Waals surface area contributed by atoms with Gasteiger partial charge < -0.3 is 10.6 Å². The Hall–Kier alpha value is -1.89. The molecule has 7 heteroatoms. The average Bonchev–Trinajstić information content (AvgIpc) is 2.62. The summed E-state index contributed by atoms with van der Waals surface area (Å²) in [5.41, 5.74) is 6.21. The molecule has 0 saturated carbocycles. The smallest absolute Gasteiger partial charge is 0.290 e. The number of amides is 2. The Morgan fingerprint density at radius 3 is 2.68 bits per heavy atom. The van der Waals surface area contributed by atoms with E-state index in [1.807, 2.05) is 11.8 Å². The lowest BCUT2D eigenvalue weighted by atomic mass is 9.75. The van der Waals surface area contributed by atoms with E-state index in [0.29, 0.717) is 18.7 Å². The van der Waals surface area contributed by atoms with E-state index in [4.69, 9.17) is 5.73 Å². The van der Waals surface area contributed by atoms with Crippen molar-refractivity contribution in [1.82, 2.24) is 9.88 Å². The molecule has 1 spiro atoms. The zero-order valence-corrected chi connectivity index (χ0v) is 15.0. The Bertz CT molecular complexity index is 680. The van der Waals surface area contributed by atoms with Crippen molar-refractivity contribution in [3.05, 3.63) is 29.6 Å². The number of likely N-dealkylation sites (tertiary alicyclic amines) is 1. The fraction of sp³-hybridized carbons (Fsp3) is 0.556. The van der Waals surface area contributed by atoms with Crippen LogP contribution in [0.4, 0.5) is 0 Å². The highest BCUT2D eigenvalue weighted by Crippen LogP contribution is 2.42. The van der Waals surface area contributed by atoms with Crippen LogP contribution in [0, 0.1) is 5.41 Å². The van der Waals surface area contributed by atoms with Crippen molar-refractivity contribution in [2.24, 2.45) is 11.1 Å². The molecular formula is C18H23N3O3S. The molecule has 3 rings (SSSR count). The van der Waals surface area contributed by atoms with Crippen molar-refractivity contribution in [2.45, 2.75) is 32.1 Å². The van der Waals surface area contributed by atoms with Gasteiger partial charge >= 0.3 is 0 Å². The van der Waals surface area contributed by atoms with Crippen LogP contribution >= 0.6 is 11.8 Å². The van der Waals surface area contributed by atoms with Gasteiger partial charge in [0.2, 0.25) is 11.7 Å². The summed E-state index contributed by atoms with van der Waals surface area (Å²) in [6.07, 6.45) is 7.16. The molecule has 3 heterocycles. The first-order chi connectivity index (χ1) is 12.0. The second kappa shape index (κ2) is 7.56. The molecule has 2 amide bonds. The van der Waals surface area contributed by atoms with Gasteiger partial charge in [-0.25, -0.2) is 0 Å². The summed E-state index contributed by atoms with van der Waals surface area (Å²) < 4.78 is 0. The van der Waals surface area contributed by atoms with Gasteiger partial charge in [0.1, 0.15) is 0 Å². The number of pyridine rings is 1. The van der Waals surface area contributed by atoms with Crippen LogP contribution in [0.25, 0.3) is 0 Å². The number of hydrogen-bond acceptors (Lipinski definition) is 5. The molecule has 2 aliphatic heterocycles. The third-order valence-electron chi connectivity index (χ3n) is 5.18. The summed E-state index contributed by atoms with van der Waals surface area (Å²) in [6, 6.07) is 1.52. The number of Topliss-reactive ketones (excluding diaryl/α,β-unsaturated/α-hetero) is 1. The maximum Gasteiger partial charge on any atom is 0.290 e. The van der Waals surface area contributed by atoms with Crippen LogP contribution in [-0.4, -0.2) is 52.1 Å². The third-order valence-corrected chi connectivity index (χ3v) is 6.17. The summed E-state index contributed by atoms with van der Waals surface area (Å²) in [6.45, 7) is 1.34. The number of nitrogens with two attached hydrogens (primary N) is 1. The SMILES string of the molecule is NC(=O)c1cncc(CC(=O)C(=O)N2CCCC3(CCSCC3)C2)c1. The van der Waals surface area contributed by atoms with Gasteiger partial charge in [0.15, 0.2) is 0 Å². The third kappa shape index (κ3) is 4.21. The molecule has 2 saturated heterocycles. The number of thioether (sulfide) groups is 1. The summed E-state index contributed by atoms with van der Waals surface area (Å²) in [4.78, 5) is 41.9. The molecule has 0 radical (unpaired) electrons. The second-order valence-corrected chi connectivity index (χ2v) is 8.21. The fourth-order valence-corrected chi connectivity index (χ4v) is 5.11. The molecule has 1 aromatic heterocycles. The topological polar surface area (TPSA) is 93.4 Å². The van der Waals surface area contributed by atoms with Crippen molar-refractivity contribution in [3.8, 4) is 0 Å². The largest absolute Gasteiger partial charge is 0.366 e. The monoisotopic (exact) mass is 361 g/mol. The van der Waals surface area contributed by atoms with Gasteiger partial charge in [0.05, 0.1) is 5.56 Å². The fourth-order valence-electron chi connectivity index (χ4n) is 3.75. The van der Waals surface area contributed by atoms with Gasteiger partial charge in [0.25, 0.3) is 5.91 Å². The molecule has 25 heavy (non-hydrogen) atoms. The van der Waals surface area contributed by atoms with E-state index in [1.54, 1.807) is 4.90 Å². The molecule has 0 atom stereocenters. The second-order valence-electron chi connectivity index (χ2n) is 6.99. The molecular weight excluding hydrogens is 338 g/mol. The number of rotatable bonds is 4. The van der Waals surface area contributed by atoms with Gasteiger partial charge in [0, 0.05) is 31.9 Å². The molecule has 2 aliphatic rings. The molecule has 0 unspecified atom stereocenters. The van der Waals surface area contributed by atoms with E-state index in [-0.39, 0.29) is 17.4 Å². The number of aromatic nitrogens is 1. The van der Waals surface area contributed by atoms with Crippen molar-refractivity contribution in [2.75, 3.05) is 24.6 Å². The number of carbonyl (C=O) groups is 3. The Morgan fingerprint density at radius 2 is 1.96 bits per heavy atom. The number of piperidine rings is 1. The highest BCUT2D eigenvalue weighted by atomic mass is 32.2. The van der Waals surface area contributed by atoms with Crippen LogP contribution in [0.1, 0.15) is 41.6 Å². The van der Waals surface area contributed by atoms with Crippen molar-refractivity contribution in [1.29, 1.82) is 0 Å². The zero-order chi connectivity index (χ0) is 17.9. The molecule has 0 bridgehead atoms. The zero-order valence-electron chi connectivity index (χ0n) is 14.2.